The average Bonchev–Trinajstić information content (AvgIpc) is 3.15. The molecule has 0 aliphatic rings. The monoisotopic (exact) mass is 444 g/mol. The molecule has 0 aliphatic heterocycles. The Balaban J connectivity index is 1.90. The van der Waals surface area contributed by atoms with Crippen molar-refractivity contribution in [2.45, 2.75) is 72.1 Å². The quantitative estimate of drug-likeness (QED) is 0.420. The Morgan fingerprint density at radius 3 is 2.59 bits per heavy atom. The van der Waals surface area contributed by atoms with Crippen LogP contribution in [0.1, 0.15) is 59.4 Å². The third-order valence-corrected chi connectivity index (χ3v) is 4.34. The number of rotatable bonds is 8. The second-order valence-electron chi connectivity index (χ2n) is 9.26. The highest BCUT2D eigenvalue weighted by molar-refractivity contribution is 5.80. The van der Waals surface area contributed by atoms with Gasteiger partial charge in [0.1, 0.15) is 5.60 Å². The highest BCUT2D eigenvalue weighted by atomic mass is 16.6. The van der Waals surface area contributed by atoms with Crippen molar-refractivity contribution in [3.05, 3.63) is 35.7 Å². The van der Waals surface area contributed by atoms with Crippen LogP contribution in [0.2, 0.25) is 0 Å². The fourth-order valence-corrected chi connectivity index (χ4v) is 2.85. The van der Waals surface area contributed by atoms with Gasteiger partial charge >= 0.3 is 6.09 Å². The lowest BCUT2D eigenvalue weighted by atomic mass is 10.1. The van der Waals surface area contributed by atoms with E-state index in [1.807, 2.05) is 58.9 Å². The molecule has 0 atom stereocenters. The minimum atomic E-state index is -0.543. The molecule has 1 aromatic carbocycles. The Labute approximate surface area is 190 Å². The number of amides is 1. The number of nitrogens with zero attached hydrogens (tertiary/aromatic N) is 3. The molecular formula is C23H36N6O3. The van der Waals surface area contributed by atoms with E-state index >= 15 is 0 Å². The Hall–Kier alpha value is -3.10. The molecule has 9 heteroatoms. The van der Waals surface area contributed by atoms with Crippen LogP contribution in [0.15, 0.2) is 33.8 Å². The van der Waals surface area contributed by atoms with E-state index in [0.29, 0.717) is 24.9 Å². The maximum atomic E-state index is 12.1. The summed E-state index contributed by atoms with van der Waals surface area (Å²) in [5.74, 6) is 1.86. The first-order valence-corrected chi connectivity index (χ1v) is 10.9. The van der Waals surface area contributed by atoms with Crippen LogP contribution in [0.3, 0.4) is 0 Å². The number of carbonyl (C=O) groups is 1. The van der Waals surface area contributed by atoms with Crippen LogP contribution in [-0.2, 0) is 17.7 Å². The number of nitrogens with one attached hydrogen (secondary N) is 3. The Kier molecular flexibility index (Phi) is 8.63. The standard InChI is InChI=1S/C23H36N6O3/c1-8-10-18-27-19(32-29-18)17-12-9-11-16(13-17)14-25-20(24-7)26-15-23(5,6)28-21(30)31-22(2,3)4/h9,11-13H,8,10,14-15H2,1-7H3,(H,28,30)(H2,24,25,26). The molecule has 0 radical (unpaired) electrons. The van der Waals surface area contributed by atoms with E-state index in [2.05, 4.69) is 38.0 Å². The second-order valence-corrected chi connectivity index (χ2v) is 9.26. The molecule has 0 spiro atoms. The van der Waals surface area contributed by atoms with Gasteiger partial charge in [-0.2, -0.15) is 4.98 Å². The molecule has 0 bridgehead atoms. The molecule has 2 aromatic rings. The van der Waals surface area contributed by atoms with E-state index in [-0.39, 0.29) is 0 Å². The van der Waals surface area contributed by atoms with E-state index in [9.17, 15) is 4.79 Å². The summed E-state index contributed by atoms with van der Waals surface area (Å²) in [5.41, 5.74) is 0.851. The minimum absolute atomic E-state index is 0.452. The molecule has 0 aliphatic carbocycles. The van der Waals surface area contributed by atoms with E-state index < -0.39 is 17.2 Å². The molecule has 9 nitrogen and oxygen atoms in total. The third kappa shape index (κ3) is 8.56. The van der Waals surface area contributed by atoms with Gasteiger partial charge in [0.25, 0.3) is 5.89 Å². The SMILES string of the molecule is CCCc1noc(-c2cccc(CNC(=NC)NCC(C)(C)NC(=O)OC(C)(C)C)c2)n1. The van der Waals surface area contributed by atoms with E-state index in [1.165, 1.54) is 0 Å². The van der Waals surface area contributed by atoms with Crippen molar-refractivity contribution in [1.82, 2.24) is 26.1 Å². The number of ether oxygens (including phenoxy) is 1. The van der Waals surface area contributed by atoms with Crippen molar-refractivity contribution in [2.24, 2.45) is 4.99 Å². The topological polar surface area (TPSA) is 114 Å². The molecule has 1 amide bonds. The fourth-order valence-electron chi connectivity index (χ4n) is 2.85. The number of guanidine groups is 1. The Morgan fingerprint density at radius 2 is 1.94 bits per heavy atom. The summed E-state index contributed by atoms with van der Waals surface area (Å²) in [6.07, 6.45) is 1.32. The summed E-state index contributed by atoms with van der Waals surface area (Å²) in [5, 5.41) is 13.4. The molecule has 0 saturated heterocycles. The Morgan fingerprint density at radius 1 is 1.19 bits per heavy atom. The highest BCUT2D eigenvalue weighted by Crippen LogP contribution is 2.19. The molecule has 0 unspecified atom stereocenters. The molecule has 0 fully saturated rings. The first kappa shape index (κ1) is 25.2. The molecule has 1 aromatic heterocycles. The predicted octanol–water partition coefficient (Wildman–Crippen LogP) is 3.66. The van der Waals surface area contributed by atoms with Crippen LogP contribution >= 0.6 is 0 Å². The van der Waals surface area contributed by atoms with Crippen LogP contribution in [-0.4, -0.2) is 46.9 Å². The van der Waals surface area contributed by atoms with E-state index in [4.69, 9.17) is 9.26 Å². The molecule has 0 saturated carbocycles. The van der Waals surface area contributed by atoms with Crippen molar-refractivity contribution < 1.29 is 14.1 Å². The van der Waals surface area contributed by atoms with Crippen molar-refractivity contribution in [3.8, 4) is 11.5 Å². The number of hydrogen-bond acceptors (Lipinski definition) is 6. The first-order valence-electron chi connectivity index (χ1n) is 10.9. The highest BCUT2D eigenvalue weighted by Gasteiger charge is 2.24. The van der Waals surface area contributed by atoms with Gasteiger partial charge in [-0.15, -0.1) is 0 Å². The van der Waals surface area contributed by atoms with Crippen molar-refractivity contribution >= 4 is 12.1 Å². The maximum Gasteiger partial charge on any atom is 0.408 e. The van der Waals surface area contributed by atoms with Crippen LogP contribution in [0.4, 0.5) is 4.79 Å². The van der Waals surface area contributed by atoms with Gasteiger partial charge in [-0.25, -0.2) is 4.79 Å². The van der Waals surface area contributed by atoms with Gasteiger partial charge in [0.15, 0.2) is 11.8 Å². The van der Waals surface area contributed by atoms with Crippen molar-refractivity contribution in [2.75, 3.05) is 13.6 Å². The fraction of sp³-hybridized carbons (Fsp3) is 0.565. The summed E-state index contributed by atoms with van der Waals surface area (Å²) in [6.45, 7) is 12.4. The maximum absolute atomic E-state index is 12.1. The lowest BCUT2D eigenvalue weighted by Crippen LogP contribution is -2.54. The summed E-state index contributed by atoms with van der Waals surface area (Å²) in [4.78, 5) is 20.8. The van der Waals surface area contributed by atoms with Gasteiger partial charge < -0.3 is 25.2 Å². The van der Waals surface area contributed by atoms with Crippen molar-refractivity contribution in [3.63, 3.8) is 0 Å². The van der Waals surface area contributed by atoms with Gasteiger partial charge in [0.2, 0.25) is 0 Å². The lowest BCUT2D eigenvalue weighted by Gasteiger charge is -2.29. The smallest absolute Gasteiger partial charge is 0.408 e. The molecular weight excluding hydrogens is 408 g/mol. The van der Waals surface area contributed by atoms with Crippen molar-refractivity contribution in [1.29, 1.82) is 0 Å². The number of carbonyl (C=O) groups excluding carboxylic acids is 1. The van der Waals surface area contributed by atoms with E-state index in [0.717, 1.165) is 29.8 Å². The zero-order valence-electron chi connectivity index (χ0n) is 20.2. The number of benzene rings is 1. The van der Waals surface area contributed by atoms with Gasteiger partial charge in [-0.05, 0) is 58.7 Å². The average molecular weight is 445 g/mol. The first-order chi connectivity index (χ1) is 15.0. The normalized spacial score (nSPS) is 12.4. The summed E-state index contributed by atoms with van der Waals surface area (Å²) in [7, 11) is 1.70. The number of alkyl carbamates (subject to hydrolysis) is 1. The minimum Gasteiger partial charge on any atom is -0.444 e. The van der Waals surface area contributed by atoms with Crippen LogP contribution in [0, 0.1) is 0 Å². The van der Waals surface area contributed by atoms with Gasteiger partial charge in [0.05, 0.1) is 5.54 Å². The van der Waals surface area contributed by atoms with Gasteiger partial charge in [-0.3, -0.25) is 4.99 Å². The number of aryl methyl sites for hydroxylation is 1. The molecule has 1 heterocycles. The lowest BCUT2D eigenvalue weighted by molar-refractivity contribution is 0.0474. The van der Waals surface area contributed by atoms with Gasteiger partial charge in [0, 0.05) is 32.1 Å². The molecule has 32 heavy (non-hydrogen) atoms. The third-order valence-electron chi connectivity index (χ3n) is 4.34. The van der Waals surface area contributed by atoms with Crippen LogP contribution in [0.25, 0.3) is 11.5 Å². The second kappa shape index (κ2) is 11.0. The summed E-state index contributed by atoms with van der Waals surface area (Å²) < 4.78 is 10.7. The van der Waals surface area contributed by atoms with Gasteiger partial charge in [-0.1, -0.05) is 24.2 Å². The largest absolute Gasteiger partial charge is 0.444 e. The molecule has 176 valence electrons. The predicted molar refractivity (Wildman–Crippen MR) is 125 cm³/mol. The molecule has 2 rings (SSSR count). The number of hydrogen-bond donors (Lipinski definition) is 3. The summed E-state index contributed by atoms with van der Waals surface area (Å²) in [6, 6.07) is 7.93. The van der Waals surface area contributed by atoms with Crippen LogP contribution in [0.5, 0.6) is 0 Å². The molecule has 3 N–H and O–H groups in total. The number of aromatic nitrogens is 2. The number of aliphatic imine (C=N–C) groups is 1. The Bertz CT molecular complexity index is 914. The zero-order valence-corrected chi connectivity index (χ0v) is 20.2. The summed E-state index contributed by atoms with van der Waals surface area (Å²) >= 11 is 0. The zero-order chi connectivity index (χ0) is 23.8. The van der Waals surface area contributed by atoms with E-state index in [1.54, 1.807) is 7.05 Å². The van der Waals surface area contributed by atoms with Crippen LogP contribution < -0.4 is 16.0 Å².